The summed E-state index contributed by atoms with van der Waals surface area (Å²) in [7, 11) is 0. The fraction of sp³-hybridized carbons (Fsp3) is 0.125. The van der Waals surface area contributed by atoms with Crippen LogP contribution in [0.25, 0.3) is 0 Å². The second-order valence-electron chi connectivity index (χ2n) is 8.97. The van der Waals surface area contributed by atoms with Crippen molar-refractivity contribution in [1.82, 2.24) is 0 Å². The van der Waals surface area contributed by atoms with Crippen LogP contribution in [-0.2, 0) is 9.63 Å². The summed E-state index contributed by atoms with van der Waals surface area (Å²) in [5.41, 5.74) is 5.23. The summed E-state index contributed by atoms with van der Waals surface area (Å²) in [6, 6.07) is 27.9. The zero-order valence-electron chi connectivity index (χ0n) is 21.6. The molecule has 0 amide bonds. The Morgan fingerprint density at radius 1 is 0.684 bits per heavy atom. The number of Topliss-reactive ketones (excluding diaryl/α,β-unsaturated/α-hetero) is 1. The number of carbonyl (C=O) groups is 3. The molecule has 0 spiro atoms. The first-order chi connectivity index (χ1) is 18.2. The number of hydrogen-bond donors (Lipinski definition) is 0. The smallest absolute Gasteiger partial charge is 0.318 e. The Bertz CT molecular complexity index is 1540. The maximum atomic E-state index is 13.4. The Balaban J connectivity index is 1.51. The molecule has 0 aliphatic heterocycles. The summed E-state index contributed by atoms with van der Waals surface area (Å²) >= 11 is 1.53. The Hall–Kier alpha value is -4.29. The Kier molecular flexibility index (Phi) is 8.34. The third-order valence-electron chi connectivity index (χ3n) is 5.99. The molecule has 0 unspecified atom stereocenters. The quantitative estimate of drug-likeness (QED) is 0.107. The van der Waals surface area contributed by atoms with Gasteiger partial charge in [0.1, 0.15) is 0 Å². The van der Waals surface area contributed by atoms with E-state index in [9.17, 15) is 14.4 Å². The third-order valence-corrected chi connectivity index (χ3v) is 7.00. The molecular formula is C32H27NO4S. The zero-order chi connectivity index (χ0) is 27.2. The van der Waals surface area contributed by atoms with Gasteiger partial charge in [0.05, 0.1) is 0 Å². The average Bonchev–Trinajstić information content (AvgIpc) is 2.91. The van der Waals surface area contributed by atoms with Crippen molar-refractivity contribution in [2.45, 2.75) is 37.5 Å². The fourth-order valence-electron chi connectivity index (χ4n) is 3.92. The lowest BCUT2D eigenvalue weighted by Crippen LogP contribution is -2.18. The summed E-state index contributed by atoms with van der Waals surface area (Å²) in [4.78, 5) is 44.4. The first kappa shape index (κ1) is 26.8. The molecule has 4 aromatic carbocycles. The van der Waals surface area contributed by atoms with E-state index in [1.165, 1.54) is 18.7 Å². The first-order valence-corrected chi connectivity index (χ1v) is 12.9. The summed E-state index contributed by atoms with van der Waals surface area (Å²) in [6.07, 6.45) is 0. The third kappa shape index (κ3) is 6.33. The number of benzene rings is 4. The van der Waals surface area contributed by atoms with Crippen molar-refractivity contribution in [2.24, 2.45) is 5.16 Å². The minimum Gasteiger partial charge on any atom is -0.318 e. The van der Waals surface area contributed by atoms with Gasteiger partial charge in [-0.3, -0.25) is 9.59 Å². The van der Waals surface area contributed by atoms with E-state index in [-0.39, 0.29) is 17.3 Å². The van der Waals surface area contributed by atoms with Crippen LogP contribution in [0.15, 0.2) is 106 Å². The molecule has 0 aliphatic carbocycles. The predicted molar refractivity (Wildman–Crippen MR) is 150 cm³/mol. The van der Waals surface area contributed by atoms with Gasteiger partial charge in [-0.2, -0.15) is 0 Å². The maximum Gasteiger partial charge on any atom is 0.332 e. The van der Waals surface area contributed by atoms with E-state index in [4.69, 9.17) is 4.84 Å². The molecule has 0 fully saturated rings. The van der Waals surface area contributed by atoms with Gasteiger partial charge in [-0.1, -0.05) is 58.9 Å². The second kappa shape index (κ2) is 11.8. The standard InChI is InChI=1S/C32H27NO4S/c1-20-9-10-22(3)29(19-20)30(33-37-23(4)34)32(36)25-13-17-27(18-14-25)38-26-15-11-24(12-16-26)31(35)28-8-6-5-7-21(28)2/h5-19H,1-4H3/b33-30-. The number of hydrogen-bond acceptors (Lipinski definition) is 6. The molecule has 0 aliphatic rings. The number of rotatable bonds is 8. The molecule has 38 heavy (non-hydrogen) atoms. The van der Waals surface area contributed by atoms with Crippen LogP contribution in [0.3, 0.4) is 0 Å². The lowest BCUT2D eigenvalue weighted by molar-refractivity contribution is -0.140. The van der Waals surface area contributed by atoms with Gasteiger partial charge in [-0.05, 0) is 86.5 Å². The second-order valence-corrected chi connectivity index (χ2v) is 10.1. The highest BCUT2D eigenvalue weighted by molar-refractivity contribution is 7.99. The molecule has 6 heteroatoms. The highest BCUT2D eigenvalue weighted by Gasteiger charge is 2.20. The monoisotopic (exact) mass is 521 g/mol. The lowest BCUT2D eigenvalue weighted by atomic mass is 9.96. The van der Waals surface area contributed by atoms with Crippen molar-refractivity contribution in [1.29, 1.82) is 0 Å². The number of ketones is 2. The van der Waals surface area contributed by atoms with Crippen LogP contribution in [-0.4, -0.2) is 23.2 Å². The lowest BCUT2D eigenvalue weighted by Gasteiger charge is -2.10. The van der Waals surface area contributed by atoms with Crippen LogP contribution in [0.1, 0.15) is 55.5 Å². The van der Waals surface area contributed by atoms with Crippen molar-refractivity contribution in [3.05, 3.63) is 130 Å². The fourth-order valence-corrected chi connectivity index (χ4v) is 4.73. The van der Waals surface area contributed by atoms with Gasteiger partial charge < -0.3 is 4.84 Å². The molecule has 0 saturated heterocycles. The molecule has 190 valence electrons. The van der Waals surface area contributed by atoms with E-state index >= 15 is 0 Å². The van der Waals surface area contributed by atoms with Crippen molar-refractivity contribution in [2.75, 3.05) is 0 Å². The Morgan fingerprint density at radius 2 is 1.26 bits per heavy atom. The topological polar surface area (TPSA) is 72.8 Å². The molecule has 0 aromatic heterocycles. The molecule has 0 radical (unpaired) electrons. The van der Waals surface area contributed by atoms with E-state index in [1.807, 2.05) is 99.6 Å². The van der Waals surface area contributed by atoms with Crippen LogP contribution in [0.5, 0.6) is 0 Å². The summed E-state index contributed by atoms with van der Waals surface area (Å²) in [5.74, 6) is -0.938. The minimum absolute atomic E-state index is 0.00224. The summed E-state index contributed by atoms with van der Waals surface area (Å²) in [5, 5.41) is 3.90. The van der Waals surface area contributed by atoms with Gasteiger partial charge in [0.15, 0.2) is 11.5 Å². The Morgan fingerprint density at radius 3 is 1.87 bits per heavy atom. The highest BCUT2D eigenvalue weighted by Crippen LogP contribution is 2.29. The SMILES string of the molecule is CC(=O)O/N=C(\C(=O)c1ccc(Sc2ccc(C(=O)c3ccccc3C)cc2)cc1)c1cc(C)ccc1C. The van der Waals surface area contributed by atoms with Crippen LogP contribution in [0.4, 0.5) is 0 Å². The van der Waals surface area contributed by atoms with Gasteiger partial charge in [-0.15, -0.1) is 0 Å². The largest absolute Gasteiger partial charge is 0.332 e. The van der Waals surface area contributed by atoms with Crippen LogP contribution in [0, 0.1) is 20.8 Å². The number of carbonyl (C=O) groups excluding carboxylic acids is 3. The van der Waals surface area contributed by atoms with Crippen molar-refractivity contribution in [3.63, 3.8) is 0 Å². The van der Waals surface area contributed by atoms with E-state index in [2.05, 4.69) is 5.16 Å². The first-order valence-electron chi connectivity index (χ1n) is 12.1. The summed E-state index contributed by atoms with van der Waals surface area (Å²) in [6.45, 7) is 6.98. The molecule has 0 N–H and O–H groups in total. The van der Waals surface area contributed by atoms with Crippen LogP contribution >= 0.6 is 11.8 Å². The van der Waals surface area contributed by atoms with Crippen molar-refractivity contribution < 1.29 is 19.2 Å². The van der Waals surface area contributed by atoms with Gasteiger partial charge in [-0.25, -0.2) is 4.79 Å². The van der Waals surface area contributed by atoms with Gasteiger partial charge >= 0.3 is 5.97 Å². The van der Waals surface area contributed by atoms with E-state index in [0.717, 1.165) is 26.5 Å². The normalized spacial score (nSPS) is 11.2. The zero-order valence-corrected chi connectivity index (χ0v) is 22.5. The highest BCUT2D eigenvalue weighted by atomic mass is 32.2. The maximum absolute atomic E-state index is 13.4. The molecule has 4 aromatic rings. The van der Waals surface area contributed by atoms with E-state index < -0.39 is 5.97 Å². The van der Waals surface area contributed by atoms with Crippen LogP contribution in [0.2, 0.25) is 0 Å². The van der Waals surface area contributed by atoms with Gasteiger partial charge in [0.25, 0.3) is 0 Å². The minimum atomic E-state index is -0.598. The van der Waals surface area contributed by atoms with Crippen molar-refractivity contribution in [3.8, 4) is 0 Å². The number of oxime groups is 1. The van der Waals surface area contributed by atoms with E-state index in [1.54, 1.807) is 12.1 Å². The van der Waals surface area contributed by atoms with Gasteiger partial charge in [0, 0.05) is 39.0 Å². The van der Waals surface area contributed by atoms with Gasteiger partial charge in [0.2, 0.25) is 5.78 Å². The molecule has 4 rings (SSSR count). The molecule has 0 heterocycles. The summed E-state index contributed by atoms with van der Waals surface area (Å²) < 4.78 is 0. The Labute approximate surface area is 226 Å². The number of nitrogens with zero attached hydrogens (tertiary/aromatic N) is 1. The molecule has 5 nitrogen and oxygen atoms in total. The molecule has 0 atom stereocenters. The van der Waals surface area contributed by atoms with E-state index in [0.29, 0.717) is 22.3 Å². The predicted octanol–water partition coefficient (Wildman–Crippen LogP) is 7.14. The molecule has 0 saturated carbocycles. The van der Waals surface area contributed by atoms with Crippen LogP contribution < -0.4 is 0 Å². The average molecular weight is 522 g/mol. The molecular weight excluding hydrogens is 494 g/mol. The van der Waals surface area contributed by atoms with Crippen molar-refractivity contribution >= 4 is 35.0 Å². The molecule has 0 bridgehead atoms. The number of aryl methyl sites for hydroxylation is 3.